The Balaban J connectivity index is 1.38. The Morgan fingerprint density at radius 1 is 0.409 bits per heavy atom. The lowest BCUT2D eigenvalue weighted by molar-refractivity contribution is 0.632. The smallest absolute Gasteiger partial charge is 0.143 e. The monoisotopic (exact) mass is 563 g/mol. The van der Waals surface area contributed by atoms with Gasteiger partial charge in [0.1, 0.15) is 11.3 Å². The molecule has 0 aliphatic carbocycles. The summed E-state index contributed by atoms with van der Waals surface area (Å²) in [4.78, 5) is 2.39. The highest BCUT2D eigenvalue weighted by molar-refractivity contribution is 6.04. The van der Waals surface area contributed by atoms with Gasteiger partial charge >= 0.3 is 0 Å². The summed E-state index contributed by atoms with van der Waals surface area (Å²) in [5.41, 5.74) is 9.79. The molecule has 208 valence electrons. The molecule has 0 saturated carbocycles. The van der Waals surface area contributed by atoms with Gasteiger partial charge in [0.05, 0.1) is 11.4 Å². The van der Waals surface area contributed by atoms with Crippen molar-refractivity contribution in [1.29, 1.82) is 0 Å². The van der Waals surface area contributed by atoms with Crippen molar-refractivity contribution in [2.24, 2.45) is 0 Å². The first-order valence-corrected chi connectivity index (χ1v) is 14.9. The van der Waals surface area contributed by atoms with E-state index < -0.39 is 0 Å². The number of nitrogens with zero attached hydrogens (tertiary/aromatic N) is 1. The predicted molar refractivity (Wildman–Crippen MR) is 185 cm³/mol. The highest BCUT2D eigenvalue weighted by Gasteiger charge is 2.22. The summed E-state index contributed by atoms with van der Waals surface area (Å²) in [6.07, 6.45) is 0. The lowest BCUT2D eigenvalue weighted by atomic mass is 9.97. The Morgan fingerprint density at radius 2 is 1.00 bits per heavy atom. The molecule has 0 unspecified atom stereocenters. The largest absolute Gasteiger partial charge is 0.455 e. The summed E-state index contributed by atoms with van der Waals surface area (Å²) in [5.74, 6) is 0.869. The van der Waals surface area contributed by atoms with Crippen LogP contribution in [0.2, 0.25) is 0 Å². The van der Waals surface area contributed by atoms with E-state index in [1.54, 1.807) is 0 Å². The first-order chi connectivity index (χ1) is 21.8. The predicted octanol–water partition coefficient (Wildman–Crippen LogP) is 12.1. The maximum Gasteiger partial charge on any atom is 0.143 e. The van der Waals surface area contributed by atoms with E-state index in [9.17, 15) is 0 Å². The van der Waals surface area contributed by atoms with Gasteiger partial charge in [-0.2, -0.15) is 0 Å². The Hall–Kier alpha value is -5.86. The van der Waals surface area contributed by atoms with Crippen molar-refractivity contribution < 1.29 is 4.42 Å². The average molecular weight is 564 g/mol. The second kappa shape index (κ2) is 11.1. The van der Waals surface area contributed by atoms with Crippen molar-refractivity contribution >= 4 is 38.8 Å². The van der Waals surface area contributed by atoms with Gasteiger partial charge < -0.3 is 9.32 Å². The number of anilines is 3. The highest BCUT2D eigenvalue weighted by atomic mass is 16.3. The van der Waals surface area contributed by atoms with Crippen LogP contribution in [0.5, 0.6) is 0 Å². The number of rotatable bonds is 6. The normalized spacial score (nSPS) is 11.2. The van der Waals surface area contributed by atoms with Crippen molar-refractivity contribution in [3.05, 3.63) is 176 Å². The number of furan rings is 1. The maximum atomic E-state index is 6.63. The molecule has 1 aromatic heterocycles. The molecule has 0 radical (unpaired) electrons. The third-order valence-electron chi connectivity index (χ3n) is 8.26. The van der Waals surface area contributed by atoms with Gasteiger partial charge in [0.15, 0.2) is 0 Å². The maximum absolute atomic E-state index is 6.63. The Labute approximate surface area is 257 Å². The summed E-state index contributed by atoms with van der Waals surface area (Å²) in [7, 11) is 0. The van der Waals surface area contributed by atoms with E-state index in [0.717, 1.165) is 50.5 Å². The minimum absolute atomic E-state index is 0.869. The lowest BCUT2D eigenvalue weighted by Crippen LogP contribution is -2.11. The molecule has 0 aliphatic heterocycles. The van der Waals surface area contributed by atoms with E-state index in [4.69, 9.17) is 4.42 Å². The van der Waals surface area contributed by atoms with Crippen LogP contribution < -0.4 is 4.90 Å². The molecule has 2 heteroatoms. The zero-order valence-corrected chi connectivity index (χ0v) is 24.1. The molecule has 8 aromatic rings. The summed E-state index contributed by atoms with van der Waals surface area (Å²) in [6, 6.07) is 62.0. The molecular formula is C42H29NO. The first kappa shape index (κ1) is 25.8. The molecule has 0 saturated heterocycles. The van der Waals surface area contributed by atoms with Gasteiger partial charge in [-0.15, -0.1) is 0 Å². The Bertz CT molecular complexity index is 2230. The van der Waals surface area contributed by atoms with Gasteiger partial charge in [-0.05, 0) is 46.8 Å². The second-order valence-electron chi connectivity index (χ2n) is 10.9. The number of fused-ring (bicyclic) bond motifs is 2. The second-order valence-corrected chi connectivity index (χ2v) is 10.9. The molecule has 8 rings (SSSR count). The standard InChI is InChI=1S/C42H29NO/c1-3-15-30(16-4-1)35-24-9-11-26-38(35)43(39-27-14-20-31-17-7-8-23-36(31)39)34-22-13-21-33(29-34)42-41(32-18-5-2-6-19-32)37-25-10-12-28-40(37)44-42/h1-29H. The molecule has 0 N–H and O–H groups in total. The van der Waals surface area contributed by atoms with E-state index in [-0.39, 0.29) is 0 Å². The molecule has 1 heterocycles. The van der Waals surface area contributed by atoms with Crippen LogP contribution in [-0.4, -0.2) is 0 Å². The molecular weight excluding hydrogens is 534 g/mol. The van der Waals surface area contributed by atoms with E-state index in [1.165, 1.54) is 21.9 Å². The minimum atomic E-state index is 0.869. The van der Waals surface area contributed by atoms with Crippen LogP contribution in [-0.2, 0) is 0 Å². The third-order valence-corrected chi connectivity index (χ3v) is 8.26. The Morgan fingerprint density at radius 3 is 1.84 bits per heavy atom. The van der Waals surface area contributed by atoms with Crippen LogP contribution in [0.3, 0.4) is 0 Å². The number of hydrogen-bond donors (Lipinski definition) is 0. The fourth-order valence-corrected chi connectivity index (χ4v) is 6.27. The van der Waals surface area contributed by atoms with Crippen LogP contribution in [0.25, 0.3) is 55.3 Å². The molecule has 0 spiro atoms. The van der Waals surface area contributed by atoms with Gasteiger partial charge in [0, 0.05) is 33.2 Å². The lowest BCUT2D eigenvalue weighted by Gasteiger charge is -2.29. The van der Waals surface area contributed by atoms with Gasteiger partial charge in [-0.25, -0.2) is 0 Å². The molecule has 0 amide bonds. The van der Waals surface area contributed by atoms with E-state index in [1.807, 2.05) is 12.1 Å². The van der Waals surface area contributed by atoms with Crippen LogP contribution >= 0.6 is 0 Å². The topological polar surface area (TPSA) is 16.4 Å². The summed E-state index contributed by atoms with van der Waals surface area (Å²) < 4.78 is 6.63. The minimum Gasteiger partial charge on any atom is -0.455 e. The van der Waals surface area contributed by atoms with Gasteiger partial charge in [0.2, 0.25) is 0 Å². The molecule has 0 atom stereocenters. The fourth-order valence-electron chi connectivity index (χ4n) is 6.27. The number of benzene rings is 7. The summed E-state index contributed by atoms with van der Waals surface area (Å²) >= 11 is 0. The first-order valence-electron chi connectivity index (χ1n) is 14.9. The van der Waals surface area contributed by atoms with Gasteiger partial charge in [0.25, 0.3) is 0 Å². The molecule has 0 bridgehead atoms. The molecule has 2 nitrogen and oxygen atoms in total. The average Bonchev–Trinajstić information content (AvgIpc) is 3.50. The van der Waals surface area contributed by atoms with Crippen LogP contribution in [0, 0.1) is 0 Å². The Kier molecular flexibility index (Phi) is 6.51. The fraction of sp³-hybridized carbons (Fsp3) is 0. The van der Waals surface area contributed by atoms with Crippen molar-refractivity contribution in [1.82, 2.24) is 0 Å². The molecule has 0 aliphatic rings. The van der Waals surface area contributed by atoms with Gasteiger partial charge in [-0.3, -0.25) is 0 Å². The van der Waals surface area contributed by atoms with Crippen molar-refractivity contribution in [2.75, 3.05) is 4.90 Å². The van der Waals surface area contributed by atoms with Crippen molar-refractivity contribution in [2.45, 2.75) is 0 Å². The van der Waals surface area contributed by atoms with E-state index >= 15 is 0 Å². The molecule has 0 fully saturated rings. The molecule has 44 heavy (non-hydrogen) atoms. The SMILES string of the molecule is c1ccc(-c2ccccc2N(c2cccc(-c3oc4ccccc4c3-c3ccccc3)c2)c2cccc3ccccc23)cc1. The highest BCUT2D eigenvalue weighted by Crippen LogP contribution is 2.46. The summed E-state index contributed by atoms with van der Waals surface area (Å²) in [6.45, 7) is 0. The third kappa shape index (κ3) is 4.54. The van der Waals surface area contributed by atoms with Crippen molar-refractivity contribution in [3.63, 3.8) is 0 Å². The number of para-hydroxylation sites is 2. The van der Waals surface area contributed by atoms with E-state index in [0.29, 0.717) is 0 Å². The zero-order chi connectivity index (χ0) is 29.3. The molecule has 7 aromatic carbocycles. The quantitative estimate of drug-likeness (QED) is 0.200. The van der Waals surface area contributed by atoms with Crippen LogP contribution in [0.15, 0.2) is 180 Å². The zero-order valence-electron chi connectivity index (χ0n) is 24.1. The van der Waals surface area contributed by atoms with Crippen LogP contribution in [0.4, 0.5) is 17.1 Å². The van der Waals surface area contributed by atoms with Gasteiger partial charge in [-0.1, -0.05) is 146 Å². The van der Waals surface area contributed by atoms with Crippen LogP contribution in [0.1, 0.15) is 0 Å². The number of hydrogen-bond acceptors (Lipinski definition) is 2. The summed E-state index contributed by atoms with van der Waals surface area (Å²) in [5, 5.41) is 3.50. The van der Waals surface area contributed by atoms with E-state index in [2.05, 4.69) is 169 Å². The van der Waals surface area contributed by atoms with Crippen molar-refractivity contribution in [3.8, 4) is 33.6 Å².